The Balaban J connectivity index is 1.59. The second-order valence-electron chi connectivity index (χ2n) is 9.79. The highest BCUT2D eigenvalue weighted by Crippen LogP contribution is 2.66. The molecule has 1 aromatic rings. The van der Waals surface area contributed by atoms with E-state index in [4.69, 9.17) is 4.74 Å². The molecule has 5 nitrogen and oxygen atoms in total. The summed E-state index contributed by atoms with van der Waals surface area (Å²) in [6.07, 6.45) is 4.44. The third kappa shape index (κ3) is 1.60. The first-order chi connectivity index (χ1) is 12.4. The molecule has 3 N–H and O–H groups in total. The van der Waals surface area contributed by atoms with Crippen LogP contribution in [0.15, 0.2) is 12.1 Å². The molecular weight excluding hydrogens is 330 g/mol. The number of piperidine rings is 1. The minimum absolute atomic E-state index is 0.137. The highest BCUT2D eigenvalue weighted by molar-refractivity contribution is 5.62. The zero-order chi connectivity index (χ0) is 17.9. The van der Waals surface area contributed by atoms with Crippen LogP contribution in [0.2, 0.25) is 0 Å². The first kappa shape index (κ1) is 15.7. The molecule has 6 atom stereocenters. The van der Waals surface area contributed by atoms with Crippen molar-refractivity contribution in [1.29, 1.82) is 0 Å². The molecule has 2 bridgehead atoms. The van der Waals surface area contributed by atoms with Gasteiger partial charge in [-0.25, -0.2) is 0 Å². The number of likely N-dealkylation sites (tertiary alicyclic amines) is 1. The van der Waals surface area contributed by atoms with E-state index in [0.717, 1.165) is 41.9 Å². The van der Waals surface area contributed by atoms with E-state index in [1.807, 2.05) is 6.07 Å². The number of aromatic hydroxyl groups is 1. The molecule has 3 fully saturated rings. The van der Waals surface area contributed by atoms with Crippen LogP contribution in [0.5, 0.6) is 11.5 Å². The fraction of sp³-hybridized carbons (Fsp3) is 0.714. The lowest BCUT2D eigenvalue weighted by Gasteiger charge is -2.65. The van der Waals surface area contributed by atoms with E-state index in [1.165, 1.54) is 18.4 Å². The molecule has 0 unspecified atom stereocenters. The summed E-state index contributed by atoms with van der Waals surface area (Å²) >= 11 is 0. The predicted octanol–water partition coefficient (Wildman–Crippen LogP) is 1.46. The van der Waals surface area contributed by atoms with Crippen molar-refractivity contribution in [2.45, 2.75) is 67.8 Å². The van der Waals surface area contributed by atoms with Gasteiger partial charge in [-0.05, 0) is 37.3 Å². The minimum Gasteiger partial charge on any atom is -0.504 e. The van der Waals surface area contributed by atoms with Crippen molar-refractivity contribution >= 4 is 0 Å². The number of rotatable bonds is 2. The molecule has 2 aliphatic heterocycles. The van der Waals surface area contributed by atoms with E-state index in [1.54, 1.807) is 6.07 Å². The van der Waals surface area contributed by atoms with Crippen molar-refractivity contribution in [1.82, 2.24) is 0 Å². The van der Waals surface area contributed by atoms with Gasteiger partial charge in [0.15, 0.2) is 11.5 Å². The number of aliphatic hydroxyl groups is 2. The molecule has 1 spiro atoms. The molecule has 1 aromatic carbocycles. The lowest BCUT2D eigenvalue weighted by Crippen LogP contribution is -2.81. The Kier molecular flexibility index (Phi) is 2.76. The van der Waals surface area contributed by atoms with E-state index in [2.05, 4.69) is 7.05 Å². The van der Waals surface area contributed by atoms with Gasteiger partial charge in [0.2, 0.25) is 0 Å². The lowest BCUT2D eigenvalue weighted by atomic mass is 9.48. The van der Waals surface area contributed by atoms with Gasteiger partial charge in [-0.2, -0.15) is 0 Å². The third-order valence-corrected chi connectivity index (χ3v) is 8.45. The number of nitrogens with zero attached hydrogens (tertiary/aromatic N) is 1. The van der Waals surface area contributed by atoms with Gasteiger partial charge in [0.25, 0.3) is 0 Å². The summed E-state index contributed by atoms with van der Waals surface area (Å²) in [7, 11) is 2.33. The SMILES string of the molecule is C[N@+]1(CC2CC2)CC[C@]23c4c5ccc(O)c4O[C@H]2[C@@H](O)CC[C@@]3(O)[C@@H]1C5. The first-order valence-corrected chi connectivity index (χ1v) is 10.2. The number of phenolic OH excluding ortho intramolecular Hbond substituents is 1. The molecule has 1 saturated heterocycles. The number of quaternary nitrogens is 1. The van der Waals surface area contributed by atoms with E-state index >= 15 is 0 Å². The highest BCUT2D eigenvalue weighted by atomic mass is 16.5. The van der Waals surface area contributed by atoms with Crippen LogP contribution in [-0.4, -0.2) is 63.8 Å². The summed E-state index contributed by atoms with van der Waals surface area (Å²) in [6.45, 7) is 2.15. The standard InChI is InChI=1S/C21H27NO4/c1-22(11-12-2-3-12)9-8-20-17-13-4-5-14(23)18(17)26-19(20)15(24)6-7-21(20,25)16(22)10-13/h4-5,12,15-16,19,24-25H,2-3,6-11H2,1H3/p+1/t15-,16-,19-,20-,21+,22+/m0/s1. The van der Waals surface area contributed by atoms with Gasteiger partial charge in [0, 0.05) is 24.3 Å². The van der Waals surface area contributed by atoms with Gasteiger partial charge >= 0.3 is 0 Å². The predicted molar refractivity (Wildman–Crippen MR) is 95.1 cm³/mol. The Labute approximate surface area is 153 Å². The number of hydrogen-bond acceptors (Lipinski definition) is 4. The van der Waals surface area contributed by atoms with E-state index in [-0.39, 0.29) is 11.8 Å². The van der Waals surface area contributed by atoms with E-state index in [0.29, 0.717) is 18.6 Å². The molecule has 26 heavy (non-hydrogen) atoms. The average molecular weight is 358 g/mol. The van der Waals surface area contributed by atoms with Crippen LogP contribution in [0, 0.1) is 5.92 Å². The number of aliphatic hydroxyl groups excluding tert-OH is 1. The van der Waals surface area contributed by atoms with Crippen LogP contribution in [0.4, 0.5) is 0 Å². The van der Waals surface area contributed by atoms with Crippen LogP contribution >= 0.6 is 0 Å². The fourth-order valence-corrected chi connectivity index (χ4v) is 7.13. The molecule has 3 aliphatic carbocycles. The molecule has 0 radical (unpaired) electrons. The summed E-state index contributed by atoms with van der Waals surface area (Å²) < 4.78 is 7.11. The van der Waals surface area contributed by atoms with Crippen molar-refractivity contribution in [3.8, 4) is 11.5 Å². The van der Waals surface area contributed by atoms with Crippen LogP contribution < -0.4 is 4.74 Å². The summed E-state index contributed by atoms with van der Waals surface area (Å²) in [5.41, 5.74) is 0.755. The molecular formula is C21H28NO4+. The average Bonchev–Trinajstić information content (AvgIpc) is 3.32. The maximum absolute atomic E-state index is 12.2. The van der Waals surface area contributed by atoms with Crippen LogP contribution in [0.3, 0.4) is 0 Å². The van der Waals surface area contributed by atoms with Crippen LogP contribution in [0.25, 0.3) is 0 Å². The maximum atomic E-state index is 12.2. The maximum Gasteiger partial charge on any atom is 0.165 e. The Bertz CT molecular complexity index is 807. The number of likely N-dealkylation sites (N-methyl/N-ethyl adjacent to an activating group) is 1. The van der Waals surface area contributed by atoms with Crippen LogP contribution in [0.1, 0.15) is 43.2 Å². The summed E-state index contributed by atoms with van der Waals surface area (Å²) in [4.78, 5) is 0. The van der Waals surface area contributed by atoms with Crippen molar-refractivity contribution < 1.29 is 24.5 Å². The van der Waals surface area contributed by atoms with E-state index in [9.17, 15) is 15.3 Å². The first-order valence-electron chi connectivity index (χ1n) is 10.2. The zero-order valence-corrected chi connectivity index (χ0v) is 15.3. The monoisotopic (exact) mass is 358 g/mol. The van der Waals surface area contributed by atoms with Crippen molar-refractivity contribution in [3.05, 3.63) is 23.3 Å². The van der Waals surface area contributed by atoms with Gasteiger partial charge in [-0.3, -0.25) is 0 Å². The molecule has 5 aliphatic rings. The Morgan fingerprint density at radius 2 is 2.04 bits per heavy atom. The molecule has 0 amide bonds. The topological polar surface area (TPSA) is 69.9 Å². The highest BCUT2D eigenvalue weighted by Gasteiger charge is 2.76. The second-order valence-corrected chi connectivity index (χ2v) is 9.79. The quantitative estimate of drug-likeness (QED) is 0.700. The van der Waals surface area contributed by atoms with Gasteiger partial charge in [-0.1, -0.05) is 6.07 Å². The molecule has 2 heterocycles. The van der Waals surface area contributed by atoms with Gasteiger partial charge in [-0.15, -0.1) is 0 Å². The molecule has 140 valence electrons. The van der Waals surface area contributed by atoms with Crippen molar-refractivity contribution in [2.24, 2.45) is 5.92 Å². The van der Waals surface area contributed by atoms with Crippen LogP contribution in [-0.2, 0) is 11.8 Å². The molecule has 5 heteroatoms. The second kappa shape index (κ2) is 4.57. The van der Waals surface area contributed by atoms with Crippen molar-refractivity contribution in [3.63, 3.8) is 0 Å². The number of hydrogen-bond donors (Lipinski definition) is 3. The van der Waals surface area contributed by atoms with Crippen molar-refractivity contribution in [2.75, 3.05) is 20.1 Å². The number of phenols is 1. The number of benzene rings is 1. The van der Waals surface area contributed by atoms with Gasteiger partial charge < -0.3 is 24.5 Å². The molecule has 2 saturated carbocycles. The third-order valence-electron chi connectivity index (χ3n) is 8.45. The summed E-state index contributed by atoms with van der Waals surface area (Å²) in [6, 6.07) is 3.88. The Morgan fingerprint density at radius 3 is 2.81 bits per heavy atom. The largest absolute Gasteiger partial charge is 0.504 e. The van der Waals surface area contributed by atoms with Gasteiger partial charge in [0.1, 0.15) is 17.7 Å². The molecule has 6 rings (SSSR count). The zero-order valence-electron chi connectivity index (χ0n) is 15.3. The van der Waals surface area contributed by atoms with Gasteiger partial charge in [0.05, 0.1) is 31.7 Å². The normalized spacial score (nSPS) is 48.0. The Morgan fingerprint density at radius 1 is 1.23 bits per heavy atom. The smallest absolute Gasteiger partial charge is 0.165 e. The summed E-state index contributed by atoms with van der Waals surface area (Å²) in [5.74, 6) is 1.46. The number of ether oxygens (including phenoxy) is 1. The Hall–Kier alpha value is -1.30. The van der Waals surface area contributed by atoms with E-state index < -0.39 is 23.2 Å². The minimum atomic E-state index is -0.870. The molecule has 0 aromatic heterocycles. The summed E-state index contributed by atoms with van der Waals surface area (Å²) in [5, 5.41) is 33.4. The lowest BCUT2D eigenvalue weighted by molar-refractivity contribution is -0.950. The fourth-order valence-electron chi connectivity index (χ4n) is 7.13.